The van der Waals surface area contributed by atoms with Crippen LogP contribution in [0.5, 0.6) is 0 Å². The summed E-state index contributed by atoms with van der Waals surface area (Å²) in [5.74, 6) is -8.29. The van der Waals surface area contributed by atoms with E-state index in [-0.39, 0.29) is 29.0 Å². The lowest BCUT2D eigenvalue weighted by atomic mass is 10.0. The van der Waals surface area contributed by atoms with Crippen LogP contribution in [-0.4, -0.2) is 42.0 Å². The van der Waals surface area contributed by atoms with Gasteiger partial charge in [-0.2, -0.15) is 27.5 Å². The topological polar surface area (TPSA) is 151 Å². The maximum absolute atomic E-state index is 13.1. The van der Waals surface area contributed by atoms with E-state index in [1.165, 1.54) is 36.5 Å². The van der Waals surface area contributed by atoms with Crippen molar-refractivity contribution in [3.05, 3.63) is 119 Å². The van der Waals surface area contributed by atoms with Gasteiger partial charge >= 0.3 is 11.8 Å². The van der Waals surface area contributed by atoms with Crippen LogP contribution in [0.1, 0.15) is 63.4 Å². The zero-order valence-electron chi connectivity index (χ0n) is 24.2. The number of aryl methyl sites for hydroxylation is 1. The van der Waals surface area contributed by atoms with Gasteiger partial charge in [-0.1, -0.05) is 70.1 Å². The molecule has 0 aliphatic heterocycles. The standard InChI is InChI=1S/C17H13F2N3O2.C14H9F2N3O3/c1-10-3-8-13(20-9-10)14(23)11-4-6-12(7-5-11)15-21-16(24-22-15)17(2,18)19;1-14(15,16)13-18-12(19-22-13)9-4-2-8(3-5-9)11(20)10-6-7-17-21-10/h3-9H,1-2H3;2-7H,1H3. The highest BCUT2D eigenvalue weighted by Gasteiger charge is 2.33. The normalized spacial score (nSPS) is 11.5. The number of benzene rings is 2. The van der Waals surface area contributed by atoms with Crippen LogP contribution < -0.4 is 0 Å². The maximum Gasteiger partial charge on any atom is 0.322 e. The summed E-state index contributed by atoms with van der Waals surface area (Å²) in [4.78, 5) is 35.7. The van der Waals surface area contributed by atoms with Crippen molar-refractivity contribution in [1.82, 2.24) is 30.4 Å². The average Bonchev–Trinajstić information content (AvgIpc) is 3.83. The predicted molar refractivity (Wildman–Crippen MR) is 151 cm³/mol. The monoisotopic (exact) mass is 634 g/mol. The first kappa shape index (κ1) is 31.6. The molecule has 6 aromatic rings. The van der Waals surface area contributed by atoms with Crippen molar-refractivity contribution in [2.75, 3.05) is 0 Å². The van der Waals surface area contributed by atoms with E-state index in [2.05, 4.69) is 39.5 Å². The Labute approximate surface area is 257 Å². The fourth-order valence-corrected chi connectivity index (χ4v) is 3.80. The molecular weight excluding hydrogens is 612 g/mol. The second-order valence-electron chi connectivity index (χ2n) is 10.0. The number of carbonyl (C=O) groups is 2. The van der Waals surface area contributed by atoms with Crippen molar-refractivity contribution in [3.63, 3.8) is 0 Å². The van der Waals surface area contributed by atoms with Crippen molar-refractivity contribution in [3.8, 4) is 22.8 Å². The number of hydrogen-bond acceptors (Lipinski definition) is 11. The van der Waals surface area contributed by atoms with Crippen molar-refractivity contribution >= 4 is 11.6 Å². The lowest BCUT2D eigenvalue weighted by molar-refractivity contribution is -0.0162. The van der Waals surface area contributed by atoms with Crippen molar-refractivity contribution < 1.29 is 40.7 Å². The molecule has 0 spiro atoms. The number of halogens is 4. The van der Waals surface area contributed by atoms with Gasteiger partial charge in [-0.3, -0.25) is 14.6 Å². The third-order valence-electron chi connectivity index (χ3n) is 6.22. The van der Waals surface area contributed by atoms with Crippen LogP contribution in [0, 0.1) is 6.92 Å². The minimum Gasteiger partial charge on any atom is -0.353 e. The molecule has 234 valence electrons. The van der Waals surface area contributed by atoms with Gasteiger partial charge < -0.3 is 13.6 Å². The second kappa shape index (κ2) is 12.6. The highest BCUT2D eigenvalue weighted by Crippen LogP contribution is 2.29. The van der Waals surface area contributed by atoms with Crippen LogP contribution in [0.25, 0.3) is 22.8 Å². The third kappa shape index (κ3) is 7.26. The molecule has 6 rings (SSSR count). The van der Waals surface area contributed by atoms with E-state index in [9.17, 15) is 27.2 Å². The summed E-state index contributed by atoms with van der Waals surface area (Å²) in [5.41, 5.74) is 3.02. The van der Waals surface area contributed by atoms with Gasteiger partial charge in [-0.05, 0) is 18.6 Å². The average molecular weight is 635 g/mol. The molecule has 2 aromatic carbocycles. The molecule has 4 heterocycles. The lowest BCUT2D eigenvalue weighted by Gasteiger charge is -2.02. The van der Waals surface area contributed by atoms with E-state index in [1.807, 2.05) is 6.92 Å². The van der Waals surface area contributed by atoms with E-state index >= 15 is 0 Å². The van der Waals surface area contributed by atoms with Crippen molar-refractivity contribution in [2.45, 2.75) is 32.6 Å². The number of hydrogen-bond donors (Lipinski definition) is 0. The zero-order chi connectivity index (χ0) is 33.1. The molecule has 0 unspecified atom stereocenters. The van der Waals surface area contributed by atoms with Gasteiger partial charge in [0.2, 0.25) is 29.0 Å². The molecule has 15 heteroatoms. The summed E-state index contributed by atoms with van der Waals surface area (Å²) < 4.78 is 66.2. The first-order valence-corrected chi connectivity index (χ1v) is 13.4. The Morgan fingerprint density at radius 1 is 0.652 bits per heavy atom. The minimum absolute atomic E-state index is 0.0233. The van der Waals surface area contributed by atoms with Gasteiger partial charge in [-0.15, -0.1) is 0 Å². The van der Waals surface area contributed by atoms with Crippen LogP contribution in [0.4, 0.5) is 17.6 Å². The van der Waals surface area contributed by atoms with Gasteiger partial charge in [0.1, 0.15) is 5.69 Å². The minimum atomic E-state index is -3.20. The zero-order valence-corrected chi connectivity index (χ0v) is 24.2. The number of nitrogens with zero attached hydrogens (tertiary/aromatic N) is 6. The molecule has 0 atom stereocenters. The van der Waals surface area contributed by atoms with Gasteiger partial charge in [-0.25, -0.2) is 0 Å². The summed E-state index contributed by atoms with van der Waals surface area (Å²) in [6.07, 6.45) is 2.99. The molecule has 0 fully saturated rings. The summed E-state index contributed by atoms with van der Waals surface area (Å²) in [6, 6.07) is 17.3. The van der Waals surface area contributed by atoms with Crippen molar-refractivity contribution in [2.24, 2.45) is 0 Å². The van der Waals surface area contributed by atoms with Crippen LogP contribution in [0.15, 0.2) is 92.7 Å². The van der Waals surface area contributed by atoms with Gasteiger partial charge in [0.15, 0.2) is 0 Å². The van der Waals surface area contributed by atoms with E-state index < -0.39 is 23.6 Å². The Morgan fingerprint density at radius 3 is 1.54 bits per heavy atom. The molecule has 4 aromatic heterocycles. The predicted octanol–water partition coefficient (Wildman–Crippen LogP) is 6.85. The fraction of sp³-hybridized carbons (Fsp3) is 0.161. The molecule has 0 aliphatic carbocycles. The largest absolute Gasteiger partial charge is 0.353 e. The Kier molecular flexibility index (Phi) is 8.67. The van der Waals surface area contributed by atoms with Crippen LogP contribution in [0.3, 0.4) is 0 Å². The fourth-order valence-electron chi connectivity index (χ4n) is 3.80. The smallest absolute Gasteiger partial charge is 0.322 e. The second-order valence-corrected chi connectivity index (χ2v) is 10.0. The van der Waals surface area contributed by atoms with Crippen LogP contribution in [0.2, 0.25) is 0 Å². The third-order valence-corrected chi connectivity index (χ3v) is 6.22. The number of carbonyl (C=O) groups excluding carboxylic acids is 2. The summed E-state index contributed by atoms with van der Waals surface area (Å²) in [5, 5.41) is 10.5. The molecule has 0 aliphatic rings. The Morgan fingerprint density at radius 2 is 1.15 bits per heavy atom. The summed E-state index contributed by atoms with van der Waals surface area (Å²) >= 11 is 0. The Hall–Kier alpha value is -5.86. The van der Waals surface area contributed by atoms with Crippen LogP contribution >= 0.6 is 0 Å². The number of pyridine rings is 1. The molecule has 0 radical (unpaired) electrons. The maximum atomic E-state index is 13.1. The first-order chi connectivity index (χ1) is 21.8. The van der Waals surface area contributed by atoms with E-state index in [0.717, 1.165) is 5.56 Å². The first-order valence-electron chi connectivity index (χ1n) is 13.4. The highest BCUT2D eigenvalue weighted by molar-refractivity contribution is 6.08. The molecule has 11 nitrogen and oxygen atoms in total. The lowest BCUT2D eigenvalue weighted by Crippen LogP contribution is -2.07. The quantitative estimate of drug-likeness (QED) is 0.128. The van der Waals surface area contributed by atoms with Crippen LogP contribution in [-0.2, 0) is 11.8 Å². The number of rotatable bonds is 8. The highest BCUT2D eigenvalue weighted by atomic mass is 19.3. The Balaban J connectivity index is 0.000000182. The number of ketones is 2. The summed E-state index contributed by atoms with van der Waals surface area (Å²) in [6.45, 7) is 3.24. The molecule has 0 saturated carbocycles. The van der Waals surface area contributed by atoms with Gasteiger partial charge in [0.05, 0.1) is 6.20 Å². The Bertz CT molecular complexity index is 1940. The van der Waals surface area contributed by atoms with E-state index in [4.69, 9.17) is 4.52 Å². The molecule has 46 heavy (non-hydrogen) atoms. The molecule has 0 N–H and O–H groups in total. The van der Waals surface area contributed by atoms with E-state index in [1.54, 1.807) is 42.6 Å². The number of alkyl halides is 4. The molecule has 0 amide bonds. The summed E-state index contributed by atoms with van der Waals surface area (Å²) in [7, 11) is 0. The molecular formula is C31H22F4N6O5. The SMILES string of the molecule is CC(F)(F)c1nc(-c2ccc(C(=O)c3ccno3)cc2)no1.Cc1ccc(C(=O)c2ccc(-c3noc(C(C)(F)F)n3)cc2)nc1. The van der Waals surface area contributed by atoms with Gasteiger partial charge in [0.25, 0.3) is 11.8 Å². The van der Waals surface area contributed by atoms with E-state index in [0.29, 0.717) is 41.8 Å². The molecule has 0 saturated heterocycles. The number of aromatic nitrogens is 6. The van der Waals surface area contributed by atoms with Gasteiger partial charge in [0, 0.05) is 48.4 Å². The molecule has 0 bridgehead atoms. The van der Waals surface area contributed by atoms with Crippen molar-refractivity contribution in [1.29, 1.82) is 0 Å².